The molecule has 1 nitrogen and oxygen atoms in total. The minimum atomic E-state index is 0.839. The number of fused-ring (bicyclic) bond motifs is 4. The molecule has 44 heavy (non-hydrogen) atoms. The molecule has 0 aliphatic carbocycles. The van der Waals surface area contributed by atoms with Crippen LogP contribution in [0.2, 0.25) is 0 Å². The molecule has 0 saturated carbocycles. The fourth-order valence-corrected chi connectivity index (χ4v) is 6.85. The number of hydrogen-bond acceptors (Lipinski definition) is 1. The van der Waals surface area contributed by atoms with Crippen molar-refractivity contribution < 1.29 is 4.42 Å². The molecule has 8 rings (SSSR count). The summed E-state index contributed by atoms with van der Waals surface area (Å²) in [5, 5.41) is 8.53. The van der Waals surface area contributed by atoms with Crippen LogP contribution in [-0.2, 0) is 0 Å². The fraction of sp³-hybridized carbons (Fsp3) is 0.0233. The molecule has 0 aliphatic rings. The summed E-state index contributed by atoms with van der Waals surface area (Å²) in [4.78, 5) is 0. The van der Waals surface area contributed by atoms with Gasteiger partial charge in [0.1, 0.15) is 11.3 Å². The first-order valence-electron chi connectivity index (χ1n) is 15.1. The zero-order chi connectivity index (χ0) is 29.6. The van der Waals surface area contributed by atoms with Gasteiger partial charge in [0.05, 0.1) is 0 Å². The summed E-state index contributed by atoms with van der Waals surface area (Å²) in [6, 6.07) is 48.4. The second-order valence-electron chi connectivity index (χ2n) is 11.2. The van der Waals surface area contributed by atoms with Gasteiger partial charge < -0.3 is 4.42 Å². The molecule has 0 aliphatic heterocycles. The first-order chi connectivity index (χ1) is 21.7. The van der Waals surface area contributed by atoms with Gasteiger partial charge in [0.15, 0.2) is 0 Å². The van der Waals surface area contributed by atoms with Crippen molar-refractivity contribution in [3.8, 4) is 33.4 Å². The van der Waals surface area contributed by atoms with E-state index in [1.807, 2.05) is 25.2 Å². The van der Waals surface area contributed by atoms with Crippen molar-refractivity contribution in [3.05, 3.63) is 157 Å². The molecule has 0 spiro atoms. The molecule has 1 heterocycles. The van der Waals surface area contributed by atoms with E-state index in [-0.39, 0.29) is 0 Å². The lowest BCUT2D eigenvalue weighted by molar-refractivity contribution is 0.603. The van der Waals surface area contributed by atoms with E-state index in [0.717, 1.165) is 27.9 Å². The number of allylic oxidation sites excluding steroid dienone is 1. The van der Waals surface area contributed by atoms with Crippen LogP contribution in [-0.4, -0.2) is 0 Å². The maximum absolute atomic E-state index is 6.19. The average Bonchev–Trinajstić information content (AvgIpc) is 3.43. The molecule has 1 aromatic heterocycles. The summed E-state index contributed by atoms with van der Waals surface area (Å²) >= 11 is 0. The third-order valence-corrected chi connectivity index (χ3v) is 8.75. The van der Waals surface area contributed by atoms with E-state index in [1.165, 1.54) is 60.1 Å². The van der Waals surface area contributed by atoms with Crippen molar-refractivity contribution in [2.45, 2.75) is 6.92 Å². The lowest BCUT2D eigenvalue weighted by atomic mass is 9.85. The van der Waals surface area contributed by atoms with Gasteiger partial charge in [0.2, 0.25) is 0 Å². The minimum absolute atomic E-state index is 0.839. The summed E-state index contributed by atoms with van der Waals surface area (Å²) in [5.74, 6) is 0.839. The van der Waals surface area contributed by atoms with Crippen molar-refractivity contribution in [2.24, 2.45) is 0 Å². The van der Waals surface area contributed by atoms with Gasteiger partial charge in [0.25, 0.3) is 0 Å². The molecule has 0 bridgehead atoms. The van der Waals surface area contributed by atoms with Crippen molar-refractivity contribution in [3.63, 3.8) is 0 Å². The number of rotatable bonds is 5. The van der Waals surface area contributed by atoms with Gasteiger partial charge in [-0.1, -0.05) is 134 Å². The number of furan rings is 1. The minimum Gasteiger partial charge on any atom is -0.456 e. The molecule has 7 aromatic carbocycles. The molecule has 0 unspecified atom stereocenters. The first kappa shape index (κ1) is 26.0. The Morgan fingerprint density at radius 2 is 1.09 bits per heavy atom. The molecule has 1 heteroatoms. The monoisotopic (exact) mass is 562 g/mol. The van der Waals surface area contributed by atoms with Gasteiger partial charge in [-0.25, -0.2) is 0 Å². The molecule has 8 aromatic rings. The lowest BCUT2D eigenvalue weighted by Gasteiger charge is -2.18. The summed E-state index contributed by atoms with van der Waals surface area (Å²) in [6.45, 7) is 6.10. The van der Waals surface area contributed by atoms with E-state index in [9.17, 15) is 0 Å². The van der Waals surface area contributed by atoms with Crippen LogP contribution in [0.15, 0.2) is 151 Å². The van der Waals surface area contributed by atoms with E-state index < -0.39 is 0 Å². The molecular weight excluding hydrogens is 532 g/mol. The molecule has 0 amide bonds. The number of benzene rings is 7. The molecule has 0 saturated heterocycles. The topological polar surface area (TPSA) is 13.1 Å². The average molecular weight is 563 g/mol. The zero-order valence-electron chi connectivity index (χ0n) is 24.5. The van der Waals surface area contributed by atoms with E-state index in [0.29, 0.717) is 0 Å². The first-order valence-corrected chi connectivity index (χ1v) is 15.1. The SMILES string of the molecule is C=Cc1c(/C=C\C)oc2ccc(-c3c4ccccc4c(-c4cccc(-c5cccc6ccccc56)c4)c4ccccc34)cc12. The predicted molar refractivity (Wildman–Crippen MR) is 190 cm³/mol. The molecule has 0 radical (unpaired) electrons. The molecule has 0 N–H and O–H groups in total. The third-order valence-electron chi connectivity index (χ3n) is 8.75. The molecule has 208 valence electrons. The van der Waals surface area contributed by atoms with Gasteiger partial charge in [-0.3, -0.25) is 0 Å². The maximum Gasteiger partial charge on any atom is 0.135 e. The van der Waals surface area contributed by atoms with Gasteiger partial charge >= 0.3 is 0 Å². The Hall–Kier alpha value is -5.66. The summed E-state index contributed by atoms with van der Waals surface area (Å²) in [7, 11) is 0. The van der Waals surface area contributed by atoms with Gasteiger partial charge in [-0.15, -0.1) is 0 Å². The highest BCUT2D eigenvalue weighted by Crippen LogP contribution is 2.45. The second-order valence-corrected chi connectivity index (χ2v) is 11.2. The summed E-state index contributed by atoms with van der Waals surface area (Å²) in [6.07, 6.45) is 5.90. The quantitative estimate of drug-likeness (QED) is 0.190. The maximum atomic E-state index is 6.19. The van der Waals surface area contributed by atoms with Gasteiger partial charge in [-0.2, -0.15) is 0 Å². The van der Waals surface area contributed by atoms with Crippen molar-refractivity contribution in [1.82, 2.24) is 0 Å². The Morgan fingerprint density at radius 3 is 1.75 bits per heavy atom. The highest BCUT2D eigenvalue weighted by atomic mass is 16.3. The second kappa shape index (κ2) is 10.6. The largest absolute Gasteiger partial charge is 0.456 e. The standard InChI is InChI=1S/C43H30O/c1-3-13-40-32(4-2)39-27-31(24-25-41(39)44-40)43-37-21-9-7-19-35(37)42(36-20-8-10-22-38(36)43)30-17-11-16-29(26-30)34-23-12-15-28-14-5-6-18-33(28)34/h3-27H,2H2,1H3/b13-3-. The van der Waals surface area contributed by atoms with Crippen LogP contribution < -0.4 is 0 Å². The normalized spacial score (nSPS) is 11.8. The highest BCUT2D eigenvalue weighted by Gasteiger charge is 2.18. The van der Waals surface area contributed by atoms with E-state index in [4.69, 9.17) is 4.42 Å². The Labute approximate surface area is 257 Å². The van der Waals surface area contributed by atoms with Crippen molar-refractivity contribution in [1.29, 1.82) is 0 Å². The highest BCUT2D eigenvalue weighted by molar-refractivity contribution is 6.22. The van der Waals surface area contributed by atoms with Crippen LogP contribution in [0.5, 0.6) is 0 Å². The zero-order valence-corrected chi connectivity index (χ0v) is 24.5. The predicted octanol–water partition coefficient (Wildman–Crippen LogP) is 12.6. The molecule has 0 atom stereocenters. The van der Waals surface area contributed by atoms with Crippen molar-refractivity contribution in [2.75, 3.05) is 0 Å². The molecule has 0 fully saturated rings. The van der Waals surface area contributed by atoms with Crippen LogP contribution in [0, 0.1) is 0 Å². The van der Waals surface area contributed by atoms with Gasteiger partial charge in [0, 0.05) is 10.9 Å². The van der Waals surface area contributed by atoms with E-state index >= 15 is 0 Å². The van der Waals surface area contributed by atoms with Gasteiger partial charge in [-0.05, 0) is 96.9 Å². The lowest BCUT2D eigenvalue weighted by Crippen LogP contribution is -1.91. The van der Waals surface area contributed by atoms with E-state index in [1.54, 1.807) is 0 Å². The summed E-state index contributed by atoms with van der Waals surface area (Å²) in [5.41, 5.74) is 9.23. The van der Waals surface area contributed by atoms with E-state index in [2.05, 4.69) is 140 Å². The third kappa shape index (κ3) is 4.09. The van der Waals surface area contributed by atoms with Crippen LogP contribution in [0.4, 0.5) is 0 Å². The van der Waals surface area contributed by atoms with Crippen LogP contribution >= 0.6 is 0 Å². The van der Waals surface area contributed by atoms with Crippen LogP contribution in [0.1, 0.15) is 18.2 Å². The van der Waals surface area contributed by atoms with Crippen molar-refractivity contribution >= 4 is 55.4 Å². The fourth-order valence-electron chi connectivity index (χ4n) is 6.85. The van der Waals surface area contributed by atoms with Crippen LogP contribution in [0.25, 0.3) is 88.8 Å². The Morgan fingerprint density at radius 1 is 0.523 bits per heavy atom. The number of hydrogen-bond donors (Lipinski definition) is 0. The Kier molecular flexibility index (Phi) is 6.24. The van der Waals surface area contributed by atoms with Crippen LogP contribution in [0.3, 0.4) is 0 Å². The smallest absolute Gasteiger partial charge is 0.135 e. The summed E-state index contributed by atoms with van der Waals surface area (Å²) < 4.78 is 6.19. The Bertz CT molecular complexity index is 2360. The Balaban J connectivity index is 1.40. The molecular formula is C43H30O.